The molecule has 3 rings (SSSR count). The van der Waals surface area contributed by atoms with E-state index in [-0.39, 0.29) is 0 Å². The van der Waals surface area contributed by atoms with Gasteiger partial charge in [-0.1, -0.05) is 49.6 Å². The highest BCUT2D eigenvalue weighted by Crippen LogP contribution is 2.28. The van der Waals surface area contributed by atoms with Crippen molar-refractivity contribution in [3.63, 3.8) is 0 Å². The minimum absolute atomic E-state index is 0.575. The Morgan fingerprint density at radius 2 is 1.95 bits per heavy atom. The van der Waals surface area contributed by atoms with Gasteiger partial charge in [0.25, 0.3) is 0 Å². The Hall–Kier alpha value is -1.68. The van der Waals surface area contributed by atoms with Crippen LogP contribution in [0.1, 0.15) is 37.7 Å². The van der Waals surface area contributed by atoms with Crippen LogP contribution in [0.3, 0.4) is 0 Å². The van der Waals surface area contributed by atoms with Gasteiger partial charge in [-0.15, -0.1) is 0 Å². The number of hydrogen-bond acceptors (Lipinski definition) is 3. The molecule has 1 aromatic heterocycles. The van der Waals surface area contributed by atoms with E-state index in [9.17, 15) is 0 Å². The Bertz CT molecular complexity index is 517. The monoisotopic (exact) mass is 298 g/mol. The highest BCUT2D eigenvalue weighted by atomic mass is 15.3. The maximum atomic E-state index is 4.18. The van der Waals surface area contributed by atoms with Gasteiger partial charge in [-0.2, -0.15) is 5.10 Å². The molecular weight excluding hydrogens is 272 g/mol. The van der Waals surface area contributed by atoms with E-state index in [0.717, 1.165) is 25.4 Å². The van der Waals surface area contributed by atoms with Crippen LogP contribution in [0.4, 0.5) is 0 Å². The number of benzene rings is 1. The number of nitrogens with one attached hydrogen (secondary N) is 1. The summed E-state index contributed by atoms with van der Waals surface area (Å²) in [4.78, 5) is 4.00. The Balaban J connectivity index is 1.57. The van der Waals surface area contributed by atoms with Crippen LogP contribution in [-0.2, 0) is 13.0 Å². The molecule has 22 heavy (non-hydrogen) atoms. The van der Waals surface area contributed by atoms with Crippen LogP contribution in [0.15, 0.2) is 43.0 Å². The van der Waals surface area contributed by atoms with E-state index in [1.807, 2.05) is 4.68 Å². The molecule has 4 nitrogen and oxygen atoms in total. The van der Waals surface area contributed by atoms with E-state index in [2.05, 4.69) is 45.7 Å². The van der Waals surface area contributed by atoms with Crippen molar-refractivity contribution in [2.75, 3.05) is 6.54 Å². The van der Waals surface area contributed by atoms with Crippen molar-refractivity contribution in [2.45, 2.75) is 51.1 Å². The fraction of sp³-hybridized carbons (Fsp3) is 0.556. The molecule has 4 heteroatoms. The SMILES string of the molecule is c1ccc(CC(NCCn2cncn2)C2CCCCC2)cc1. The van der Waals surface area contributed by atoms with E-state index in [1.165, 1.54) is 37.7 Å². The Labute approximate surface area is 133 Å². The molecule has 1 aromatic carbocycles. The quantitative estimate of drug-likeness (QED) is 0.854. The third-order valence-corrected chi connectivity index (χ3v) is 4.73. The number of aromatic nitrogens is 3. The summed E-state index contributed by atoms with van der Waals surface area (Å²) in [6, 6.07) is 11.4. The van der Waals surface area contributed by atoms with Crippen molar-refractivity contribution in [1.82, 2.24) is 20.1 Å². The first-order valence-corrected chi connectivity index (χ1v) is 8.51. The van der Waals surface area contributed by atoms with Crippen molar-refractivity contribution in [1.29, 1.82) is 0 Å². The van der Waals surface area contributed by atoms with Gasteiger partial charge in [0.2, 0.25) is 0 Å². The average Bonchev–Trinajstić information content (AvgIpc) is 3.09. The molecule has 0 radical (unpaired) electrons. The van der Waals surface area contributed by atoms with Crippen molar-refractivity contribution in [3.8, 4) is 0 Å². The van der Waals surface area contributed by atoms with Gasteiger partial charge in [0.15, 0.2) is 0 Å². The Morgan fingerprint density at radius 1 is 1.14 bits per heavy atom. The largest absolute Gasteiger partial charge is 0.312 e. The lowest BCUT2D eigenvalue weighted by atomic mass is 9.81. The lowest BCUT2D eigenvalue weighted by Gasteiger charge is -2.31. The first-order valence-electron chi connectivity index (χ1n) is 8.51. The molecule has 0 bridgehead atoms. The topological polar surface area (TPSA) is 42.7 Å². The van der Waals surface area contributed by atoms with Gasteiger partial charge in [-0.3, -0.25) is 4.68 Å². The van der Waals surface area contributed by atoms with E-state index in [4.69, 9.17) is 0 Å². The standard InChI is InChI=1S/C18H26N4/c1-3-7-16(8-4-1)13-18(17-9-5-2-6-10-17)20-11-12-22-15-19-14-21-22/h1,3-4,7-8,14-15,17-18,20H,2,5-6,9-13H2. The van der Waals surface area contributed by atoms with Crippen LogP contribution in [0.5, 0.6) is 0 Å². The predicted octanol–water partition coefficient (Wildman–Crippen LogP) is 3.06. The van der Waals surface area contributed by atoms with Gasteiger partial charge in [0.1, 0.15) is 12.7 Å². The first kappa shape index (κ1) is 15.2. The van der Waals surface area contributed by atoms with Gasteiger partial charge < -0.3 is 5.32 Å². The predicted molar refractivity (Wildman–Crippen MR) is 88.5 cm³/mol. The van der Waals surface area contributed by atoms with Crippen LogP contribution >= 0.6 is 0 Å². The van der Waals surface area contributed by atoms with Crippen LogP contribution in [0, 0.1) is 5.92 Å². The minimum Gasteiger partial charge on any atom is -0.312 e. The van der Waals surface area contributed by atoms with Gasteiger partial charge in [-0.05, 0) is 30.7 Å². The summed E-state index contributed by atoms with van der Waals surface area (Å²) < 4.78 is 1.90. The average molecular weight is 298 g/mol. The van der Waals surface area contributed by atoms with E-state index < -0.39 is 0 Å². The zero-order valence-electron chi connectivity index (χ0n) is 13.2. The second kappa shape index (κ2) is 8.08. The third-order valence-electron chi connectivity index (χ3n) is 4.73. The highest BCUT2D eigenvalue weighted by molar-refractivity contribution is 5.16. The molecule has 0 spiro atoms. The van der Waals surface area contributed by atoms with Crippen molar-refractivity contribution >= 4 is 0 Å². The molecule has 118 valence electrons. The molecule has 1 heterocycles. The van der Waals surface area contributed by atoms with Crippen LogP contribution in [0.25, 0.3) is 0 Å². The maximum Gasteiger partial charge on any atom is 0.137 e. The van der Waals surface area contributed by atoms with Gasteiger partial charge in [0.05, 0.1) is 6.54 Å². The summed E-state index contributed by atoms with van der Waals surface area (Å²) in [6.07, 6.45) is 11.4. The fourth-order valence-electron chi connectivity index (χ4n) is 3.52. The molecule has 2 aromatic rings. The molecule has 1 saturated carbocycles. The molecule has 1 atom stereocenters. The molecule has 1 unspecified atom stereocenters. The summed E-state index contributed by atoms with van der Waals surface area (Å²) in [7, 11) is 0. The normalized spacial score (nSPS) is 17.5. The van der Waals surface area contributed by atoms with Gasteiger partial charge in [-0.25, -0.2) is 4.98 Å². The molecular formula is C18H26N4. The van der Waals surface area contributed by atoms with E-state index >= 15 is 0 Å². The lowest BCUT2D eigenvalue weighted by molar-refractivity contribution is 0.264. The highest BCUT2D eigenvalue weighted by Gasteiger charge is 2.23. The maximum absolute atomic E-state index is 4.18. The smallest absolute Gasteiger partial charge is 0.137 e. The second-order valence-electron chi connectivity index (χ2n) is 6.31. The molecule has 0 amide bonds. The summed E-state index contributed by atoms with van der Waals surface area (Å²) in [6.45, 7) is 1.84. The van der Waals surface area contributed by atoms with Crippen molar-refractivity contribution in [2.24, 2.45) is 5.92 Å². The lowest BCUT2D eigenvalue weighted by Crippen LogP contribution is -2.40. The summed E-state index contributed by atoms with van der Waals surface area (Å²) in [5, 5.41) is 7.96. The number of nitrogens with zero attached hydrogens (tertiary/aromatic N) is 3. The molecule has 1 N–H and O–H groups in total. The van der Waals surface area contributed by atoms with Crippen LogP contribution in [0.2, 0.25) is 0 Å². The minimum atomic E-state index is 0.575. The number of hydrogen-bond donors (Lipinski definition) is 1. The number of rotatable bonds is 7. The molecule has 1 aliphatic rings. The zero-order valence-corrected chi connectivity index (χ0v) is 13.2. The summed E-state index contributed by atoms with van der Waals surface area (Å²) in [5.41, 5.74) is 1.44. The zero-order chi connectivity index (χ0) is 15.0. The third kappa shape index (κ3) is 4.41. The van der Waals surface area contributed by atoms with Gasteiger partial charge >= 0.3 is 0 Å². The Morgan fingerprint density at radius 3 is 2.68 bits per heavy atom. The van der Waals surface area contributed by atoms with Gasteiger partial charge in [0, 0.05) is 12.6 Å². The summed E-state index contributed by atoms with van der Waals surface area (Å²) in [5.74, 6) is 0.810. The summed E-state index contributed by atoms with van der Waals surface area (Å²) >= 11 is 0. The molecule has 0 saturated heterocycles. The van der Waals surface area contributed by atoms with Crippen molar-refractivity contribution in [3.05, 3.63) is 48.5 Å². The molecule has 0 aliphatic heterocycles. The van der Waals surface area contributed by atoms with E-state index in [0.29, 0.717) is 6.04 Å². The van der Waals surface area contributed by atoms with Crippen molar-refractivity contribution < 1.29 is 0 Å². The first-order chi connectivity index (χ1) is 10.9. The fourth-order valence-corrected chi connectivity index (χ4v) is 3.52. The van der Waals surface area contributed by atoms with E-state index in [1.54, 1.807) is 12.7 Å². The molecule has 1 fully saturated rings. The van der Waals surface area contributed by atoms with Crippen LogP contribution in [-0.4, -0.2) is 27.4 Å². The Kier molecular flexibility index (Phi) is 5.59. The second-order valence-corrected chi connectivity index (χ2v) is 6.31. The van der Waals surface area contributed by atoms with Crippen LogP contribution < -0.4 is 5.32 Å². The molecule has 1 aliphatic carbocycles.